The number of carbonyl (C=O) groups excluding carboxylic acids is 1. The molecule has 2 aliphatic heterocycles. The van der Waals surface area contributed by atoms with Gasteiger partial charge in [-0.15, -0.1) is 0 Å². The number of piperidine rings is 1. The number of nitrogens with one attached hydrogen (secondary N) is 1. The van der Waals surface area contributed by atoms with Crippen molar-refractivity contribution < 1.29 is 9.53 Å². The van der Waals surface area contributed by atoms with Crippen molar-refractivity contribution in [3.05, 3.63) is 41.7 Å². The van der Waals surface area contributed by atoms with Crippen molar-refractivity contribution >= 4 is 23.4 Å². The van der Waals surface area contributed by atoms with Gasteiger partial charge in [-0.3, -0.25) is 0 Å². The highest BCUT2D eigenvalue weighted by Crippen LogP contribution is 2.34. The zero-order chi connectivity index (χ0) is 19.5. The van der Waals surface area contributed by atoms with Gasteiger partial charge in [0.15, 0.2) is 0 Å². The first kappa shape index (κ1) is 18.5. The van der Waals surface area contributed by atoms with Crippen LogP contribution in [0.15, 0.2) is 30.3 Å². The second-order valence-electron chi connectivity index (χ2n) is 7.29. The number of aryl methyl sites for hydroxylation is 1. The lowest BCUT2D eigenvalue weighted by Crippen LogP contribution is -2.42. The molecule has 0 radical (unpaired) electrons. The van der Waals surface area contributed by atoms with E-state index in [4.69, 9.17) is 4.74 Å². The van der Waals surface area contributed by atoms with Crippen molar-refractivity contribution in [1.82, 2.24) is 14.9 Å². The largest absolute Gasteiger partial charge is 0.450 e. The van der Waals surface area contributed by atoms with E-state index in [0.29, 0.717) is 25.7 Å². The Kier molecular flexibility index (Phi) is 5.32. The van der Waals surface area contributed by atoms with E-state index < -0.39 is 0 Å². The van der Waals surface area contributed by atoms with Crippen LogP contribution in [0.25, 0.3) is 0 Å². The quantitative estimate of drug-likeness (QED) is 0.874. The molecule has 28 heavy (non-hydrogen) atoms. The second kappa shape index (κ2) is 8.04. The highest BCUT2D eigenvalue weighted by molar-refractivity contribution is 5.69. The zero-order valence-electron chi connectivity index (χ0n) is 16.5. The number of rotatable bonds is 4. The number of likely N-dealkylation sites (tertiary alicyclic amines) is 1. The monoisotopic (exact) mass is 381 g/mol. The average molecular weight is 381 g/mol. The Morgan fingerprint density at radius 3 is 2.79 bits per heavy atom. The third kappa shape index (κ3) is 3.88. The number of aromatic nitrogens is 2. The summed E-state index contributed by atoms with van der Waals surface area (Å²) in [5.41, 5.74) is 2.59. The van der Waals surface area contributed by atoms with Crippen LogP contribution in [0.3, 0.4) is 0 Å². The van der Waals surface area contributed by atoms with Gasteiger partial charge in [-0.25, -0.2) is 14.8 Å². The fraction of sp³-hybridized carbons (Fsp3) is 0.476. The maximum absolute atomic E-state index is 11.9. The number of ether oxygens (including phenoxy) is 1. The molecule has 1 saturated heterocycles. The predicted molar refractivity (Wildman–Crippen MR) is 109 cm³/mol. The molecule has 7 heteroatoms. The van der Waals surface area contributed by atoms with Gasteiger partial charge in [0.1, 0.15) is 17.5 Å². The summed E-state index contributed by atoms with van der Waals surface area (Å²) in [6.07, 6.45) is 2.58. The molecule has 0 unspecified atom stereocenters. The van der Waals surface area contributed by atoms with Crippen LogP contribution >= 0.6 is 0 Å². The molecule has 148 valence electrons. The Hall–Kier alpha value is -2.83. The second-order valence-corrected chi connectivity index (χ2v) is 7.29. The summed E-state index contributed by atoms with van der Waals surface area (Å²) in [5.74, 6) is 2.54. The Balaban J connectivity index is 1.44. The van der Waals surface area contributed by atoms with Gasteiger partial charge >= 0.3 is 6.09 Å². The third-order valence-corrected chi connectivity index (χ3v) is 5.36. The molecular weight excluding hydrogens is 354 g/mol. The van der Waals surface area contributed by atoms with Crippen LogP contribution in [0.5, 0.6) is 0 Å². The summed E-state index contributed by atoms with van der Waals surface area (Å²) in [5, 5.41) is 3.54. The predicted octanol–water partition coefficient (Wildman–Crippen LogP) is 3.51. The van der Waals surface area contributed by atoms with Gasteiger partial charge in [-0.05, 0) is 44.7 Å². The van der Waals surface area contributed by atoms with Crippen LogP contribution in [0.4, 0.5) is 22.1 Å². The fourth-order valence-electron chi connectivity index (χ4n) is 3.97. The van der Waals surface area contributed by atoms with E-state index in [2.05, 4.69) is 44.5 Å². The minimum absolute atomic E-state index is 0.214. The van der Waals surface area contributed by atoms with E-state index >= 15 is 0 Å². The highest BCUT2D eigenvalue weighted by Gasteiger charge is 2.25. The number of nitrogens with zero attached hydrogens (tertiary/aromatic N) is 4. The molecule has 1 aromatic carbocycles. The number of hydrogen-bond acceptors (Lipinski definition) is 6. The van der Waals surface area contributed by atoms with Crippen LogP contribution in [-0.2, 0) is 11.2 Å². The summed E-state index contributed by atoms with van der Waals surface area (Å²) in [4.78, 5) is 25.2. The maximum atomic E-state index is 11.9. The standard InChI is InChI=1S/C21H27N5O2/c1-3-28-21(27)25-11-9-17(10-12-25)24-19-14-20(23-15(2)22-19)26-13-8-16-6-4-5-7-18(16)26/h4-7,14,17H,3,8-13H2,1-2H3,(H,22,23,24). The van der Waals surface area contributed by atoms with Gasteiger partial charge in [0.2, 0.25) is 0 Å². The first-order chi connectivity index (χ1) is 13.6. The van der Waals surface area contributed by atoms with Crippen molar-refractivity contribution in [1.29, 1.82) is 0 Å². The van der Waals surface area contributed by atoms with E-state index in [0.717, 1.165) is 43.3 Å². The van der Waals surface area contributed by atoms with Gasteiger partial charge in [0, 0.05) is 37.4 Å². The van der Waals surface area contributed by atoms with E-state index in [1.807, 2.05) is 19.9 Å². The summed E-state index contributed by atoms with van der Waals surface area (Å²) in [6.45, 7) is 6.52. The van der Waals surface area contributed by atoms with Crippen LogP contribution in [-0.4, -0.2) is 53.2 Å². The molecule has 0 atom stereocenters. The van der Waals surface area contributed by atoms with Crippen molar-refractivity contribution in [2.45, 2.75) is 39.2 Å². The van der Waals surface area contributed by atoms with Crippen molar-refractivity contribution in [2.75, 3.05) is 36.5 Å². The lowest BCUT2D eigenvalue weighted by atomic mass is 10.1. The normalized spacial score (nSPS) is 16.8. The van der Waals surface area contributed by atoms with Crippen molar-refractivity contribution in [2.24, 2.45) is 0 Å². The third-order valence-electron chi connectivity index (χ3n) is 5.36. The molecule has 0 aliphatic carbocycles. The molecule has 1 amide bonds. The highest BCUT2D eigenvalue weighted by atomic mass is 16.6. The molecule has 0 spiro atoms. The van der Waals surface area contributed by atoms with Crippen molar-refractivity contribution in [3.8, 4) is 0 Å². The van der Waals surface area contributed by atoms with Gasteiger partial charge in [0.25, 0.3) is 0 Å². The lowest BCUT2D eigenvalue weighted by molar-refractivity contribution is 0.0983. The Labute approximate surface area is 165 Å². The molecule has 1 N–H and O–H groups in total. The van der Waals surface area contributed by atoms with Gasteiger partial charge < -0.3 is 19.9 Å². The topological polar surface area (TPSA) is 70.6 Å². The molecule has 2 aromatic rings. The minimum Gasteiger partial charge on any atom is -0.450 e. The molecule has 2 aliphatic rings. The van der Waals surface area contributed by atoms with Gasteiger partial charge in [0.05, 0.1) is 6.61 Å². The molecule has 0 saturated carbocycles. The first-order valence-corrected chi connectivity index (χ1v) is 10.0. The Bertz CT molecular complexity index is 848. The molecular formula is C21H27N5O2. The summed E-state index contributed by atoms with van der Waals surface area (Å²) in [6, 6.07) is 10.8. The molecule has 7 nitrogen and oxygen atoms in total. The number of amides is 1. The number of anilines is 3. The molecule has 3 heterocycles. The van der Waals surface area contributed by atoms with Crippen LogP contribution < -0.4 is 10.2 Å². The Morgan fingerprint density at radius 1 is 1.21 bits per heavy atom. The lowest BCUT2D eigenvalue weighted by Gasteiger charge is -2.32. The smallest absolute Gasteiger partial charge is 0.409 e. The fourth-order valence-corrected chi connectivity index (χ4v) is 3.97. The van der Waals surface area contributed by atoms with Gasteiger partial charge in [-0.1, -0.05) is 18.2 Å². The summed E-state index contributed by atoms with van der Waals surface area (Å²) >= 11 is 0. The molecule has 4 rings (SSSR count). The number of fused-ring (bicyclic) bond motifs is 1. The van der Waals surface area contributed by atoms with Crippen molar-refractivity contribution in [3.63, 3.8) is 0 Å². The molecule has 1 aromatic heterocycles. The first-order valence-electron chi connectivity index (χ1n) is 10.0. The number of benzene rings is 1. The van der Waals surface area contributed by atoms with Crippen LogP contribution in [0.1, 0.15) is 31.2 Å². The Morgan fingerprint density at radius 2 is 2.00 bits per heavy atom. The minimum atomic E-state index is -0.214. The number of carbonyl (C=O) groups is 1. The zero-order valence-corrected chi connectivity index (χ0v) is 16.5. The van der Waals surface area contributed by atoms with E-state index in [1.54, 1.807) is 4.90 Å². The van der Waals surface area contributed by atoms with Crippen LogP contribution in [0, 0.1) is 6.92 Å². The van der Waals surface area contributed by atoms with E-state index in [-0.39, 0.29) is 6.09 Å². The number of hydrogen-bond donors (Lipinski definition) is 1. The molecule has 1 fully saturated rings. The SMILES string of the molecule is CCOC(=O)N1CCC(Nc2cc(N3CCc4ccccc43)nc(C)n2)CC1. The summed E-state index contributed by atoms with van der Waals surface area (Å²) in [7, 11) is 0. The van der Waals surface area contributed by atoms with Gasteiger partial charge in [-0.2, -0.15) is 0 Å². The van der Waals surface area contributed by atoms with E-state index in [9.17, 15) is 4.79 Å². The number of para-hydroxylation sites is 1. The van der Waals surface area contributed by atoms with Crippen LogP contribution in [0.2, 0.25) is 0 Å². The molecule has 0 bridgehead atoms. The summed E-state index contributed by atoms with van der Waals surface area (Å²) < 4.78 is 5.09. The maximum Gasteiger partial charge on any atom is 0.409 e. The average Bonchev–Trinajstić information content (AvgIpc) is 3.12. The van der Waals surface area contributed by atoms with E-state index in [1.165, 1.54) is 11.3 Å².